The summed E-state index contributed by atoms with van der Waals surface area (Å²) in [7, 11) is 0. The lowest BCUT2D eigenvalue weighted by atomic mass is 10.1. The SMILES string of the molecule is Cc1ccc(Cc2nc(N3CCN(C(=O)C4CC4)CC3)c3cnn(-c4ccccc4)c3n2)cc1. The number of rotatable bonds is 5. The third-order valence-electron chi connectivity index (χ3n) is 6.76. The van der Waals surface area contributed by atoms with Gasteiger partial charge >= 0.3 is 0 Å². The van der Waals surface area contributed by atoms with Crippen molar-refractivity contribution < 1.29 is 4.79 Å². The fourth-order valence-electron chi connectivity index (χ4n) is 4.63. The number of piperazine rings is 1. The van der Waals surface area contributed by atoms with Crippen LogP contribution in [0.4, 0.5) is 5.82 Å². The molecule has 2 aromatic carbocycles. The number of carbonyl (C=O) groups is 1. The highest BCUT2D eigenvalue weighted by molar-refractivity contribution is 5.88. The maximum absolute atomic E-state index is 12.5. The molecule has 34 heavy (non-hydrogen) atoms. The number of aryl methyl sites for hydroxylation is 1. The molecule has 2 fully saturated rings. The van der Waals surface area contributed by atoms with Crippen LogP contribution in [0.2, 0.25) is 0 Å². The van der Waals surface area contributed by atoms with Gasteiger partial charge in [0.15, 0.2) is 5.65 Å². The first-order valence-corrected chi connectivity index (χ1v) is 12.0. The number of nitrogens with zero attached hydrogens (tertiary/aromatic N) is 6. The third kappa shape index (κ3) is 4.02. The van der Waals surface area contributed by atoms with Gasteiger partial charge < -0.3 is 9.80 Å². The largest absolute Gasteiger partial charge is 0.352 e. The molecule has 0 N–H and O–H groups in total. The summed E-state index contributed by atoms with van der Waals surface area (Å²) in [4.78, 5) is 26.8. The molecule has 6 rings (SSSR count). The normalized spacial score (nSPS) is 16.3. The minimum absolute atomic E-state index is 0.266. The van der Waals surface area contributed by atoms with Crippen molar-refractivity contribution in [2.24, 2.45) is 5.92 Å². The second-order valence-corrected chi connectivity index (χ2v) is 9.34. The van der Waals surface area contributed by atoms with Crippen molar-refractivity contribution in [3.8, 4) is 5.69 Å². The van der Waals surface area contributed by atoms with Gasteiger partial charge in [0.25, 0.3) is 0 Å². The number of hydrogen-bond donors (Lipinski definition) is 0. The van der Waals surface area contributed by atoms with Gasteiger partial charge in [-0.15, -0.1) is 0 Å². The molecule has 1 amide bonds. The van der Waals surface area contributed by atoms with E-state index >= 15 is 0 Å². The Morgan fingerprint density at radius 1 is 0.941 bits per heavy atom. The molecule has 2 aromatic heterocycles. The Morgan fingerprint density at radius 3 is 2.38 bits per heavy atom. The average molecular weight is 453 g/mol. The van der Waals surface area contributed by atoms with Gasteiger partial charge in [-0.25, -0.2) is 14.6 Å². The average Bonchev–Trinajstić information content (AvgIpc) is 3.64. The first-order chi connectivity index (χ1) is 16.7. The summed E-state index contributed by atoms with van der Waals surface area (Å²) in [6.45, 7) is 5.11. The lowest BCUT2D eigenvalue weighted by Gasteiger charge is -2.35. The van der Waals surface area contributed by atoms with Crippen LogP contribution in [-0.4, -0.2) is 56.7 Å². The molecule has 172 valence electrons. The van der Waals surface area contributed by atoms with E-state index in [0.29, 0.717) is 12.3 Å². The minimum atomic E-state index is 0.266. The number of aromatic nitrogens is 4. The van der Waals surface area contributed by atoms with Crippen LogP contribution >= 0.6 is 0 Å². The monoisotopic (exact) mass is 452 g/mol. The van der Waals surface area contributed by atoms with Crippen LogP contribution in [0.15, 0.2) is 60.8 Å². The Labute approximate surface area is 199 Å². The quantitative estimate of drug-likeness (QED) is 0.461. The third-order valence-corrected chi connectivity index (χ3v) is 6.76. The molecule has 0 spiro atoms. The van der Waals surface area contributed by atoms with Crippen molar-refractivity contribution in [3.63, 3.8) is 0 Å². The van der Waals surface area contributed by atoms with E-state index in [1.165, 1.54) is 11.1 Å². The van der Waals surface area contributed by atoms with Gasteiger partial charge in [-0.2, -0.15) is 5.10 Å². The molecule has 2 aliphatic rings. The molecular formula is C27H28N6O. The number of para-hydroxylation sites is 1. The maximum atomic E-state index is 12.5. The van der Waals surface area contributed by atoms with Crippen molar-refractivity contribution in [1.82, 2.24) is 24.6 Å². The van der Waals surface area contributed by atoms with Crippen LogP contribution in [0, 0.1) is 12.8 Å². The van der Waals surface area contributed by atoms with E-state index in [0.717, 1.165) is 67.4 Å². The molecule has 0 unspecified atom stereocenters. The number of hydrogen-bond acceptors (Lipinski definition) is 5. The molecule has 0 radical (unpaired) electrons. The van der Waals surface area contributed by atoms with Crippen molar-refractivity contribution >= 4 is 22.8 Å². The van der Waals surface area contributed by atoms with Crippen LogP contribution in [0.25, 0.3) is 16.7 Å². The Balaban J connectivity index is 1.36. The van der Waals surface area contributed by atoms with Crippen LogP contribution in [0.3, 0.4) is 0 Å². The van der Waals surface area contributed by atoms with Crippen molar-refractivity contribution in [2.45, 2.75) is 26.2 Å². The molecule has 3 heterocycles. The summed E-state index contributed by atoms with van der Waals surface area (Å²) in [5.74, 6) is 2.28. The summed E-state index contributed by atoms with van der Waals surface area (Å²) in [6.07, 6.45) is 4.62. The molecule has 1 saturated carbocycles. The van der Waals surface area contributed by atoms with Crippen LogP contribution in [0.1, 0.15) is 29.8 Å². The van der Waals surface area contributed by atoms with Crippen molar-refractivity contribution in [3.05, 3.63) is 77.7 Å². The van der Waals surface area contributed by atoms with Gasteiger partial charge in [-0.05, 0) is 37.5 Å². The van der Waals surface area contributed by atoms with E-state index in [-0.39, 0.29) is 5.92 Å². The highest BCUT2D eigenvalue weighted by Crippen LogP contribution is 2.32. The van der Waals surface area contributed by atoms with E-state index in [1.54, 1.807) is 0 Å². The Hall–Kier alpha value is -3.74. The molecule has 0 atom stereocenters. The first-order valence-electron chi connectivity index (χ1n) is 12.0. The van der Waals surface area contributed by atoms with Gasteiger partial charge in [-0.3, -0.25) is 4.79 Å². The zero-order valence-electron chi connectivity index (χ0n) is 19.4. The lowest BCUT2D eigenvalue weighted by Crippen LogP contribution is -2.49. The van der Waals surface area contributed by atoms with Crippen LogP contribution < -0.4 is 4.90 Å². The van der Waals surface area contributed by atoms with E-state index in [1.807, 2.05) is 46.1 Å². The lowest BCUT2D eigenvalue weighted by molar-refractivity contribution is -0.132. The zero-order chi connectivity index (χ0) is 23.1. The fraction of sp³-hybridized carbons (Fsp3) is 0.333. The summed E-state index contributed by atoms with van der Waals surface area (Å²) in [5.41, 5.74) is 4.21. The smallest absolute Gasteiger partial charge is 0.225 e. The highest BCUT2D eigenvalue weighted by atomic mass is 16.2. The summed E-state index contributed by atoms with van der Waals surface area (Å²) < 4.78 is 1.89. The van der Waals surface area contributed by atoms with Gasteiger partial charge in [0, 0.05) is 38.5 Å². The number of benzene rings is 2. The van der Waals surface area contributed by atoms with Gasteiger partial charge in [0.2, 0.25) is 5.91 Å². The molecule has 1 saturated heterocycles. The molecule has 7 nitrogen and oxygen atoms in total. The Bertz CT molecular complexity index is 1320. The molecule has 1 aliphatic heterocycles. The van der Waals surface area contributed by atoms with E-state index in [4.69, 9.17) is 9.97 Å². The molecular weight excluding hydrogens is 424 g/mol. The topological polar surface area (TPSA) is 67.2 Å². The van der Waals surface area contributed by atoms with E-state index in [2.05, 4.69) is 41.2 Å². The number of fused-ring (bicyclic) bond motifs is 1. The number of carbonyl (C=O) groups excluding carboxylic acids is 1. The molecule has 0 bridgehead atoms. The summed E-state index contributed by atoms with van der Waals surface area (Å²) in [5, 5.41) is 5.62. The van der Waals surface area contributed by atoms with Crippen molar-refractivity contribution in [2.75, 3.05) is 31.1 Å². The zero-order valence-corrected chi connectivity index (χ0v) is 19.4. The predicted octanol–water partition coefficient (Wildman–Crippen LogP) is 3.77. The van der Waals surface area contributed by atoms with E-state index < -0.39 is 0 Å². The number of amides is 1. The summed E-state index contributed by atoms with van der Waals surface area (Å²) >= 11 is 0. The first kappa shape index (κ1) is 20.8. The van der Waals surface area contributed by atoms with Gasteiger partial charge in [0.1, 0.15) is 11.6 Å². The van der Waals surface area contributed by atoms with Gasteiger partial charge in [0.05, 0.1) is 17.3 Å². The number of anilines is 1. The highest BCUT2D eigenvalue weighted by Gasteiger charge is 2.35. The van der Waals surface area contributed by atoms with Crippen LogP contribution in [-0.2, 0) is 11.2 Å². The van der Waals surface area contributed by atoms with Gasteiger partial charge in [-0.1, -0.05) is 48.0 Å². The van der Waals surface area contributed by atoms with Crippen molar-refractivity contribution in [1.29, 1.82) is 0 Å². The predicted molar refractivity (Wildman–Crippen MR) is 132 cm³/mol. The fourth-order valence-corrected chi connectivity index (χ4v) is 4.63. The second kappa shape index (κ2) is 8.56. The maximum Gasteiger partial charge on any atom is 0.225 e. The Kier molecular flexibility index (Phi) is 5.24. The minimum Gasteiger partial charge on any atom is -0.352 e. The Morgan fingerprint density at radius 2 is 1.68 bits per heavy atom. The molecule has 7 heteroatoms. The molecule has 1 aliphatic carbocycles. The molecule has 4 aromatic rings. The summed E-state index contributed by atoms with van der Waals surface area (Å²) in [6, 6.07) is 18.6. The second-order valence-electron chi connectivity index (χ2n) is 9.34. The van der Waals surface area contributed by atoms with Crippen LogP contribution in [0.5, 0.6) is 0 Å². The standard InChI is InChI=1S/C27H28N6O/c1-19-7-9-20(10-8-19)17-24-29-25(31-13-15-32(16-14-31)27(34)21-11-12-21)23-18-28-33(26(23)30-24)22-5-3-2-4-6-22/h2-10,18,21H,11-17H2,1H3. The van der Waals surface area contributed by atoms with E-state index in [9.17, 15) is 4.79 Å².